The average molecular weight is 774 g/mol. The van der Waals surface area contributed by atoms with Crippen molar-refractivity contribution in [3.63, 3.8) is 0 Å². The molecule has 16 heteroatoms. The zero-order valence-electron chi connectivity index (χ0n) is 25.4. The van der Waals surface area contributed by atoms with E-state index in [-0.39, 0.29) is 5.43 Å². The molecule has 2 aromatic rings. The van der Waals surface area contributed by atoms with E-state index in [0.29, 0.717) is 9.54 Å². The Hall–Kier alpha value is -1.84. The predicted octanol–water partition coefficient (Wildman–Crippen LogP) is 8.04. The SMILES string of the molecule is CC1=Cc2c(-c3ccccc3)cccc2[CH]1[Zr+2]([C]1=C(C)C(C)=C(C)C1C)=[Si](C)C.O=S(=O)([O-])C(F)(F)F.O=S(=O)([O-])C(F)(F)F. The molecule has 45 heavy (non-hydrogen) atoms. The van der Waals surface area contributed by atoms with Crippen LogP contribution in [0.1, 0.15) is 49.4 Å². The number of benzene rings is 2. The summed E-state index contributed by atoms with van der Waals surface area (Å²) in [6, 6.07) is 18.0. The van der Waals surface area contributed by atoms with Crippen molar-refractivity contribution in [1.82, 2.24) is 0 Å². The molecule has 0 saturated carbocycles. The normalized spacial score (nSPS) is 18.2. The number of alkyl halides is 6. The fourth-order valence-electron chi connectivity index (χ4n) is 5.32. The number of rotatable bonds is 3. The predicted molar refractivity (Wildman–Crippen MR) is 157 cm³/mol. The molecule has 0 spiro atoms. The van der Waals surface area contributed by atoms with Crippen LogP contribution in [0.5, 0.6) is 0 Å². The maximum absolute atomic E-state index is 10.7. The third kappa shape index (κ3) is 9.16. The maximum atomic E-state index is 10.7. The summed E-state index contributed by atoms with van der Waals surface area (Å²) in [5, 5.41) is 0. The minimum Gasteiger partial charge on any atom is -0.741 e. The van der Waals surface area contributed by atoms with Crippen molar-refractivity contribution in [3.8, 4) is 11.1 Å². The van der Waals surface area contributed by atoms with E-state index in [2.05, 4.69) is 102 Å². The molecule has 4 rings (SSSR count). The molecule has 0 radical (unpaired) electrons. The van der Waals surface area contributed by atoms with Gasteiger partial charge in [0.25, 0.3) is 0 Å². The van der Waals surface area contributed by atoms with Gasteiger partial charge in [-0.3, -0.25) is 0 Å². The van der Waals surface area contributed by atoms with E-state index in [4.69, 9.17) is 25.9 Å². The van der Waals surface area contributed by atoms with Crippen molar-refractivity contribution in [2.75, 3.05) is 0 Å². The summed E-state index contributed by atoms with van der Waals surface area (Å²) in [6.07, 6.45) is 2.52. The van der Waals surface area contributed by atoms with Crippen LogP contribution in [0.15, 0.2) is 74.1 Å². The fourth-order valence-corrected chi connectivity index (χ4v) is 25.9. The van der Waals surface area contributed by atoms with Crippen LogP contribution in [0, 0.1) is 5.92 Å². The Kier molecular flexibility index (Phi) is 12.7. The van der Waals surface area contributed by atoms with Crippen LogP contribution < -0.4 is 0 Å². The minimum absolute atomic E-state index is 0.330. The Morgan fingerprint density at radius 3 is 1.60 bits per heavy atom. The largest absolute Gasteiger partial charge is 0.741 e. The quantitative estimate of drug-likeness (QED) is 0.135. The Morgan fingerprint density at radius 1 is 0.756 bits per heavy atom. The zero-order chi connectivity index (χ0) is 34.9. The Balaban J connectivity index is 0.000000365. The number of halogens is 6. The smallest absolute Gasteiger partial charge is 0.485 e. The number of allylic oxidation sites excluding steroid dienone is 5. The van der Waals surface area contributed by atoms with E-state index < -0.39 is 51.6 Å². The molecule has 2 aliphatic rings. The van der Waals surface area contributed by atoms with Gasteiger partial charge < -0.3 is 9.11 Å². The summed E-state index contributed by atoms with van der Waals surface area (Å²) in [7, 11) is -12.2. The molecule has 2 atom stereocenters. The first kappa shape index (κ1) is 39.3. The van der Waals surface area contributed by atoms with E-state index in [1.165, 1.54) is 16.7 Å². The third-order valence-corrected chi connectivity index (χ3v) is 27.9. The molecule has 2 aromatic carbocycles. The van der Waals surface area contributed by atoms with Crippen molar-refractivity contribution in [1.29, 1.82) is 0 Å². The van der Waals surface area contributed by atoms with Crippen LogP contribution in [-0.4, -0.2) is 42.4 Å². The molecule has 2 unspecified atom stereocenters. The summed E-state index contributed by atoms with van der Waals surface area (Å²) < 4.78 is 120. The van der Waals surface area contributed by atoms with Gasteiger partial charge in [0.15, 0.2) is 20.2 Å². The Labute approximate surface area is 267 Å². The van der Waals surface area contributed by atoms with Gasteiger partial charge in [0, 0.05) is 0 Å². The van der Waals surface area contributed by atoms with Gasteiger partial charge in [-0.2, -0.15) is 26.3 Å². The van der Waals surface area contributed by atoms with E-state index in [1.807, 2.05) is 3.28 Å². The van der Waals surface area contributed by atoms with Gasteiger partial charge in [0.1, 0.15) is 0 Å². The van der Waals surface area contributed by atoms with Crippen molar-refractivity contribution in [2.45, 2.75) is 62.4 Å². The number of fused-ring (bicyclic) bond motifs is 1. The van der Waals surface area contributed by atoms with Gasteiger partial charge in [0.05, 0.1) is 0 Å². The second kappa shape index (κ2) is 14.5. The third-order valence-electron chi connectivity index (χ3n) is 7.69. The summed E-state index contributed by atoms with van der Waals surface area (Å²) in [4.78, 5) is 0. The van der Waals surface area contributed by atoms with Gasteiger partial charge in [0.2, 0.25) is 0 Å². The van der Waals surface area contributed by atoms with Gasteiger partial charge >= 0.3 is 197 Å². The molecule has 0 amide bonds. The minimum atomic E-state index is -6.09. The second-order valence-corrected chi connectivity index (χ2v) is 30.9. The molecular formula is C29H32F6O6S2SiZr. The molecule has 0 fully saturated rings. The first-order valence-electron chi connectivity index (χ1n) is 13.3. The van der Waals surface area contributed by atoms with Gasteiger partial charge in [-0.15, -0.1) is 0 Å². The van der Waals surface area contributed by atoms with Crippen LogP contribution in [0.3, 0.4) is 0 Å². The Morgan fingerprint density at radius 2 is 1.22 bits per heavy atom. The van der Waals surface area contributed by atoms with Gasteiger partial charge in [-0.1, -0.05) is 0 Å². The van der Waals surface area contributed by atoms with Gasteiger partial charge in [-0.25, -0.2) is 16.8 Å². The van der Waals surface area contributed by atoms with Crippen LogP contribution in [-0.2, 0) is 40.6 Å². The van der Waals surface area contributed by atoms with Crippen molar-refractivity contribution >= 4 is 31.7 Å². The summed E-state index contributed by atoms with van der Waals surface area (Å²) in [5.41, 5.74) is 0.717. The van der Waals surface area contributed by atoms with E-state index in [1.54, 1.807) is 27.9 Å². The maximum Gasteiger partial charge on any atom is 0.485 e. The molecule has 0 heterocycles. The second-order valence-electron chi connectivity index (χ2n) is 10.8. The fraction of sp³-hybridized carbons (Fsp3) is 0.379. The van der Waals surface area contributed by atoms with E-state index in [9.17, 15) is 26.3 Å². The standard InChI is InChI=1S/C16H13.C9H13.C2H6Si.2CHF3O3S.Zr/c1-12-10-14-8-5-9-15(16(14)11-12)13-6-3-2-4-7-13;1-6-5-7(2)9(4)8(6)3;1-3-2;2*2-1(3,4)8(5,6)7;/h2-11H,1H3;6H,1-4H3;1-2H3;2*(H,5,6,7);/q;;;;;+2/p-2. The molecule has 0 saturated heterocycles. The molecule has 6 nitrogen and oxygen atoms in total. The molecule has 246 valence electrons. The van der Waals surface area contributed by atoms with Crippen LogP contribution in [0.25, 0.3) is 17.2 Å². The van der Waals surface area contributed by atoms with Crippen LogP contribution >= 0.6 is 0 Å². The molecule has 0 aliphatic heterocycles. The molecule has 0 aromatic heterocycles. The van der Waals surface area contributed by atoms with Gasteiger partial charge in [-0.05, 0) is 0 Å². The molecule has 0 N–H and O–H groups in total. The van der Waals surface area contributed by atoms with E-state index >= 15 is 0 Å². The van der Waals surface area contributed by atoms with Crippen LogP contribution in [0.4, 0.5) is 26.3 Å². The summed E-state index contributed by atoms with van der Waals surface area (Å²) in [6.45, 7) is 17.2. The Bertz CT molecular complexity index is 1750. The molecule has 0 bridgehead atoms. The topological polar surface area (TPSA) is 114 Å². The van der Waals surface area contributed by atoms with E-state index in [0.717, 1.165) is 0 Å². The summed E-state index contributed by atoms with van der Waals surface area (Å²) in [5.74, 6) is 0.665. The monoisotopic (exact) mass is 772 g/mol. The molecular weight excluding hydrogens is 742 g/mol. The summed E-state index contributed by atoms with van der Waals surface area (Å²) >= 11 is -1.89. The van der Waals surface area contributed by atoms with Crippen molar-refractivity contribution in [3.05, 3.63) is 85.2 Å². The van der Waals surface area contributed by atoms with Crippen molar-refractivity contribution < 1.29 is 72.7 Å². The molecule has 2 aliphatic carbocycles. The first-order valence-corrected chi connectivity index (χ1v) is 24.9. The first-order chi connectivity index (χ1) is 20.3. The number of hydrogen-bond donors (Lipinski definition) is 0. The van der Waals surface area contributed by atoms with Crippen molar-refractivity contribution in [2.24, 2.45) is 5.92 Å². The number of hydrogen-bond acceptors (Lipinski definition) is 6. The van der Waals surface area contributed by atoms with Crippen LogP contribution in [0.2, 0.25) is 13.1 Å². The zero-order valence-corrected chi connectivity index (χ0v) is 30.5. The average Bonchev–Trinajstić information content (AvgIpc) is 3.32.